The molecule has 1 atom stereocenters. The van der Waals surface area contributed by atoms with Gasteiger partial charge < -0.3 is 10.2 Å². The van der Waals surface area contributed by atoms with E-state index in [0.717, 1.165) is 32.7 Å². The van der Waals surface area contributed by atoms with E-state index < -0.39 is 0 Å². The lowest BCUT2D eigenvalue weighted by atomic mass is 10.2. The Balaban J connectivity index is 1.76. The number of hydrogen-bond acceptors (Lipinski definition) is 5. The SMILES string of the molecule is CC(C)NCC(C)N1CCN(c2nccs2)CC1. The summed E-state index contributed by atoms with van der Waals surface area (Å²) in [6, 6.07) is 1.19. The van der Waals surface area contributed by atoms with Crippen molar-refractivity contribution in [1.29, 1.82) is 0 Å². The molecule has 1 aromatic rings. The summed E-state index contributed by atoms with van der Waals surface area (Å²) in [4.78, 5) is 9.34. The van der Waals surface area contributed by atoms with E-state index in [2.05, 4.69) is 46.3 Å². The maximum Gasteiger partial charge on any atom is 0.185 e. The van der Waals surface area contributed by atoms with Gasteiger partial charge in [-0.25, -0.2) is 4.98 Å². The highest BCUT2D eigenvalue weighted by molar-refractivity contribution is 7.13. The number of nitrogens with zero attached hydrogens (tertiary/aromatic N) is 3. The molecule has 0 spiro atoms. The van der Waals surface area contributed by atoms with Crippen LogP contribution in [0.25, 0.3) is 0 Å². The fourth-order valence-corrected chi connectivity index (χ4v) is 2.96. The average Bonchev–Trinajstić information content (AvgIpc) is 2.90. The molecule has 0 radical (unpaired) electrons. The van der Waals surface area contributed by atoms with Crippen LogP contribution in [0.3, 0.4) is 0 Å². The van der Waals surface area contributed by atoms with Gasteiger partial charge in [0.15, 0.2) is 5.13 Å². The molecule has 1 aromatic heterocycles. The first-order chi connectivity index (χ1) is 8.66. The average molecular weight is 268 g/mol. The standard InChI is InChI=1S/C13H24N4S/c1-11(2)15-10-12(3)16-5-7-17(8-6-16)13-14-4-9-18-13/h4,9,11-12,15H,5-8,10H2,1-3H3. The summed E-state index contributed by atoms with van der Waals surface area (Å²) >= 11 is 1.74. The van der Waals surface area contributed by atoms with E-state index in [0.29, 0.717) is 12.1 Å². The van der Waals surface area contributed by atoms with Crippen LogP contribution in [0.4, 0.5) is 5.13 Å². The van der Waals surface area contributed by atoms with Crippen molar-refractivity contribution >= 4 is 16.5 Å². The van der Waals surface area contributed by atoms with Crippen LogP contribution < -0.4 is 10.2 Å². The number of hydrogen-bond donors (Lipinski definition) is 1. The van der Waals surface area contributed by atoms with Crippen LogP contribution in [-0.4, -0.2) is 54.7 Å². The molecule has 1 aliphatic heterocycles. The van der Waals surface area contributed by atoms with Crippen molar-refractivity contribution in [2.45, 2.75) is 32.9 Å². The molecule has 18 heavy (non-hydrogen) atoms. The van der Waals surface area contributed by atoms with Crippen molar-refractivity contribution in [3.8, 4) is 0 Å². The zero-order valence-electron chi connectivity index (χ0n) is 11.6. The van der Waals surface area contributed by atoms with E-state index in [9.17, 15) is 0 Å². The highest BCUT2D eigenvalue weighted by Crippen LogP contribution is 2.19. The van der Waals surface area contributed by atoms with Crippen molar-refractivity contribution in [2.75, 3.05) is 37.6 Å². The number of thiazole rings is 1. The topological polar surface area (TPSA) is 31.4 Å². The van der Waals surface area contributed by atoms with E-state index >= 15 is 0 Å². The normalized spacial score (nSPS) is 19.4. The minimum absolute atomic E-state index is 0.573. The van der Waals surface area contributed by atoms with E-state index in [4.69, 9.17) is 0 Å². The molecule has 0 amide bonds. The molecule has 1 saturated heterocycles. The monoisotopic (exact) mass is 268 g/mol. The molecular weight excluding hydrogens is 244 g/mol. The second-order valence-electron chi connectivity index (χ2n) is 5.25. The molecule has 5 heteroatoms. The maximum atomic E-state index is 4.38. The summed E-state index contributed by atoms with van der Waals surface area (Å²) in [6.07, 6.45) is 1.89. The molecule has 0 aliphatic carbocycles. The molecular formula is C13H24N4S. The third kappa shape index (κ3) is 3.67. The molecule has 4 nitrogen and oxygen atoms in total. The quantitative estimate of drug-likeness (QED) is 0.880. The fraction of sp³-hybridized carbons (Fsp3) is 0.769. The van der Waals surface area contributed by atoms with Gasteiger partial charge in [0.25, 0.3) is 0 Å². The van der Waals surface area contributed by atoms with Crippen molar-refractivity contribution < 1.29 is 0 Å². The summed E-state index contributed by atoms with van der Waals surface area (Å²) in [5.74, 6) is 0. The summed E-state index contributed by atoms with van der Waals surface area (Å²) in [5.41, 5.74) is 0. The predicted molar refractivity (Wildman–Crippen MR) is 78.5 cm³/mol. The van der Waals surface area contributed by atoms with Gasteiger partial charge in [-0.2, -0.15) is 0 Å². The number of piperazine rings is 1. The molecule has 0 saturated carbocycles. The van der Waals surface area contributed by atoms with Gasteiger partial charge in [-0.1, -0.05) is 13.8 Å². The Morgan fingerprint density at radius 2 is 2.00 bits per heavy atom. The molecule has 0 bridgehead atoms. The fourth-order valence-electron chi connectivity index (χ4n) is 2.26. The first kappa shape index (κ1) is 13.8. The Bertz CT molecular complexity index is 331. The van der Waals surface area contributed by atoms with Gasteiger partial charge >= 0.3 is 0 Å². The van der Waals surface area contributed by atoms with E-state index in [-0.39, 0.29) is 0 Å². The first-order valence-electron chi connectivity index (χ1n) is 6.78. The zero-order valence-corrected chi connectivity index (χ0v) is 12.4. The van der Waals surface area contributed by atoms with Crippen molar-refractivity contribution in [2.24, 2.45) is 0 Å². The van der Waals surface area contributed by atoms with Gasteiger partial charge in [-0.15, -0.1) is 11.3 Å². The lowest BCUT2D eigenvalue weighted by Gasteiger charge is -2.38. The van der Waals surface area contributed by atoms with Crippen molar-refractivity contribution in [3.63, 3.8) is 0 Å². The van der Waals surface area contributed by atoms with Crippen LogP contribution in [-0.2, 0) is 0 Å². The van der Waals surface area contributed by atoms with E-state index in [1.807, 2.05) is 6.20 Å². The highest BCUT2D eigenvalue weighted by atomic mass is 32.1. The Hall–Kier alpha value is -0.650. The number of nitrogens with one attached hydrogen (secondary N) is 1. The second kappa shape index (κ2) is 6.50. The molecule has 0 aromatic carbocycles. The van der Waals surface area contributed by atoms with E-state index in [1.54, 1.807) is 11.3 Å². The van der Waals surface area contributed by atoms with Crippen LogP contribution >= 0.6 is 11.3 Å². The summed E-state index contributed by atoms with van der Waals surface area (Å²) < 4.78 is 0. The Kier molecular flexibility index (Phi) is 4.97. The molecule has 102 valence electrons. The number of rotatable bonds is 5. The molecule has 1 N–H and O–H groups in total. The van der Waals surface area contributed by atoms with Crippen LogP contribution in [0.2, 0.25) is 0 Å². The summed E-state index contributed by atoms with van der Waals surface area (Å²) in [7, 11) is 0. The lowest BCUT2D eigenvalue weighted by Crippen LogP contribution is -2.52. The van der Waals surface area contributed by atoms with Crippen LogP contribution in [0.5, 0.6) is 0 Å². The molecule has 1 fully saturated rings. The maximum absolute atomic E-state index is 4.38. The van der Waals surface area contributed by atoms with Crippen LogP contribution in [0.1, 0.15) is 20.8 Å². The van der Waals surface area contributed by atoms with Crippen LogP contribution in [0, 0.1) is 0 Å². The van der Waals surface area contributed by atoms with E-state index in [1.165, 1.54) is 5.13 Å². The Morgan fingerprint density at radius 3 is 2.56 bits per heavy atom. The van der Waals surface area contributed by atoms with Gasteiger partial charge in [0, 0.05) is 56.4 Å². The minimum Gasteiger partial charge on any atom is -0.346 e. The van der Waals surface area contributed by atoms with Gasteiger partial charge in [-0.05, 0) is 6.92 Å². The third-order valence-corrected chi connectivity index (χ3v) is 4.28. The molecule has 2 heterocycles. The Morgan fingerprint density at radius 1 is 1.28 bits per heavy atom. The number of anilines is 1. The molecule has 2 rings (SSSR count). The van der Waals surface area contributed by atoms with Gasteiger partial charge in [-0.3, -0.25) is 4.90 Å². The minimum atomic E-state index is 0.573. The highest BCUT2D eigenvalue weighted by Gasteiger charge is 2.22. The second-order valence-corrected chi connectivity index (χ2v) is 6.12. The first-order valence-corrected chi connectivity index (χ1v) is 7.66. The van der Waals surface area contributed by atoms with Crippen LogP contribution in [0.15, 0.2) is 11.6 Å². The summed E-state index contributed by atoms with van der Waals surface area (Å²) in [6.45, 7) is 12.3. The van der Waals surface area contributed by atoms with Crippen molar-refractivity contribution in [3.05, 3.63) is 11.6 Å². The lowest BCUT2D eigenvalue weighted by molar-refractivity contribution is 0.191. The number of aromatic nitrogens is 1. The molecule has 1 aliphatic rings. The third-order valence-electron chi connectivity index (χ3n) is 3.45. The van der Waals surface area contributed by atoms with Gasteiger partial charge in [0.05, 0.1) is 0 Å². The van der Waals surface area contributed by atoms with Crippen molar-refractivity contribution in [1.82, 2.24) is 15.2 Å². The zero-order chi connectivity index (χ0) is 13.0. The predicted octanol–water partition coefficient (Wildman–Crippen LogP) is 1.65. The van der Waals surface area contributed by atoms with Gasteiger partial charge in [0.2, 0.25) is 0 Å². The smallest absolute Gasteiger partial charge is 0.185 e. The molecule has 1 unspecified atom stereocenters. The van der Waals surface area contributed by atoms with Gasteiger partial charge in [0.1, 0.15) is 0 Å². The Labute approximate surface area is 114 Å². The largest absolute Gasteiger partial charge is 0.346 e. The summed E-state index contributed by atoms with van der Waals surface area (Å²) in [5, 5.41) is 6.74.